The van der Waals surface area contributed by atoms with Crippen LogP contribution >= 0.6 is 27.7 Å². The molecule has 1 fully saturated rings. The molecule has 104 valence electrons. The SMILES string of the molecule is CSC1(CNc2ncc(Br)cc2[N+](=O)[O-])CCCC1. The number of hydrogen-bond acceptors (Lipinski definition) is 5. The molecule has 1 N–H and O–H groups in total. The lowest BCUT2D eigenvalue weighted by Crippen LogP contribution is -2.30. The molecule has 1 aliphatic rings. The van der Waals surface area contributed by atoms with Gasteiger partial charge in [-0.15, -0.1) is 0 Å². The minimum absolute atomic E-state index is 0.0172. The lowest BCUT2D eigenvalue weighted by Gasteiger charge is -2.27. The first-order valence-corrected chi connectivity index (χ1v) is 8.17. The van der Waals surface area contributed by atoms with Crippen molar-refractivity contribution in [2.45, 2.75) is 30.4 Å². The average molecular weight is 346 g/mol. The van der Waals surface area contributed by atoms with Crippen molar-refractivity contribution < 1.29 is 4.92 Å². The van der Waals surface area contributed by atoms with Crippen molar-refractivity contribution in [3.63, 3.8) is 0 Å². The predicted molar refractivity (Wildman–Crippen MR) is 81.8 cm³/mol. The molecule has 0 amide bonds. The third-order valence-corrected chi connectivity index (χ3v) is 5.41. The van der Waals surface area contributed by atoms with E-state index in [1.165, 1.54) is 18.9 Å². The van der Waals surface area contributed by atoms with Gasteiger partial charge in [-0.2, -0.15) is 11.8 Å². The maximum atomic E-state index is 11.0. The molecule has 0 aliphatic heterocycles. The highest BCUT2D eigenvalue weighted by Gasteiger charge is 2.33. The highest BCUT2D eigenvalue weighted by atomic mass is 79.9. The summed E-state index contributed by atoms with van der Waals surface area (Å²) < 4.78 is 0.813. The minimum Gasteiger partial charge on any atom is -0.363 e. The van der Waals surface area contributed by atoms with E-state index in [1.54, 1.807) is 6.20 Å². The first-order chi connectivity index (χ1) is 9.06. The van der Waals surface area contributed by atoms with E-state index < -0.39 is 4.92 Å². The van der Waals surface area contributed by atoms with E-state index in [0.717, 1.165) is 19.4 Å². The van der Waals surface area contributed by atoms with Crippen molar-refractivity contribution in [1.82, 2.24) is 4.98 Å². The summed E-state index contributed by atoms with van der Waals surface area (Å²) in [6, 6.07) is 1.48. The van der Waals surface area contributed by atoms with Gasteiger partial charge in [-0.25, -0.2) is 4.98 Å². The number of pyridine rings is 1. The summed E-state index contributed by atoms with van der Waals surface area (Å²) in [5, 5.41) is 14.2. The van der Waals surface area contributed by atoms with Gasteiger partial charge in [-0.1, -0.05) is 12.8 Å². The fourth-order valence-electron chi connectivity index (χ4n) is 2.42. The number of thioether (sulfide) groups is 1. The van der Waals surface area contributed by atoms with Gasteiger partial charge in [-0.3, -0.25) is 10.1 Å². The Kier molecular flexibility index (Phi) is 4.67. The first-order valence-electron chi connectivity index (χ1n) is 6.15. The van der Waals surface area contributed by atoms with Gasteiger partial charge in [0, 0.05) is 28.0 Å². The Balaban J connectivity index is 2.13. The van der Waals surface area contributed by atoms with Crippen molar-refractivity contribution in [1.29, 1.82) is 0 Å². The molecular formula is C12H16BrN3O2S. The maximum absolute atomic E-state index is 11.0. The number of hydrogen-bond donors (Lipinski definition) is 1. The number of nitrogens with zero attached hydrogens (tertiary/aromatic N) is 2. The van der Waals surface area contributed by atoms with Gasteiger partial charge < -0.3 is 5.32 Å². The second kappa shape index (κ2) is 6.09. The Labute approximate surface area is 124 Å². The third kappa shape index (κ3) is 3.39. The number of nitro groups is 1. The Morgan fingerprint density at radius 3 is 2.84 bits per heavy atom. The first kappa shape index (κ1) is 14.6. The molecule has 0 spiro atoms. The molecule has 0 aromatic carbocycles. The molecule has 2 rings (SSSR count). The lowest BCUT2D eigenvalue weighted by atomic mass is 10.1. The van der Waals surface area contributed by atoms with E-state index in [-0.39, 0.29) is 10.4 Å². The summed E-state index contributed by atoms with van der Waals surface area (Å²) in [6.07, 6.45) is 8.47. The molecule has 0 unspecified atom stereocenters. The van der Waals surface area contributed by atoms with Crippen LogP contribution in [0.15, 0.2) is 16.7 Å². The summed E-state index contributed by atoms with van der Waals surface area (Å²) in [5.41, 5.74) is 0.0172. The van der Waals surface area contributed by atoms with E-state index in [2.05, 4.69) is 32.5 Å². The molecule has 0 saturated heterocycles. The third-order valence-electron chi connectivity index (χ3n) is 3.56. The second-order valence-electron chi connectivity index (χ2n) is 4.73. The van der Waals surface area contributed by atoms with E-state index in [9.17, 15) is 10.1 Å². The molecule has 1 saturated carbocycles. The van der Waals surface area contributed by atoms with Crippen molar-refractivity contribution in [2.75, 3.05) is 18.1 Å². The van der Waals surface area contributed by atoms with Gasteiger partial charge in [0.15, 0.2) is 0 Å². The van der Waals surface area contributed by atoms with E-state index >= 15 is 0 Å². The van der Waals surface area contributed by atoms with Crippen LogP contribution in [0.25, 0.3) is 0 Å². The second-order valence-corrected chi connectivity index (χ2v) is 6.92. The summed E-state index contributed by atoms with van der Waals surface area (Å²) in [6.45, 7) is 0.726. The highest BCUT2D eigenvalue weighted by Crippen LogP contribution is 2.40. The van der Waals surface area contributed by atoms with Crippen LogP contribution < -0.4 is 5.32 Å². The van der Waals surface area contributed by atoms with Crippen LogP contribution in [0.5, 0.6) is 0 Å². The van der Waals surface area contributed by atoms with Gasteiger partial charge in [0.05, 0.1) is 4.92 Å². The van der Waals surface area contributed by atoms with Crippen molar-refractivity contribution in [2.24, 2.45) is 0 Å². The largest absolute Gasteiger partial charge is 0.363 e. The average Bonchev–Trinajstić information content (AvgIpc) is 2.86. The Morgan fingerprint density at radius 2 is 2.26 bits per heavy atom. The van der Waals surface area contributed by atoms with E-state index in [1.807, 2.05) is 11.8 Å². The van der Waals surface area contributed by atoms with Gasteiger partial charge in [0.1, 0.15) is 0 Å². The number of nitrogens with one attached hydrogen (secondary N) is 1. The van der Waals surface area contributed by atoms with Crippen molar-refractivity contribution >= 4 is 39.2 Å². The molecule has 19 heavy (non-hydrogen) atoms. The molecule has 0 bridgehead atoms. The van der Waals surface area contributed by atoms with Gasteiger partial charge in [0.2, 0.25) is 5.82 Å². The Morgan fingerprint density at radius 1 is 1.58 bits per heavy atom. The van der Waals surface area contributed by atoms with Gasteiger partial charge in [-0.05, 0) is 35.0 Å². The maximum Gasteiger partial charge on any atom is 0.312 e. The zero-order chi connectivity index (χ0) is 13.9. The van der Waals surface area contributed by atoms with Crippen molar-refractivity contribution in [3.8, 4) is 0 Å². The predicted octanol–water partition coefficient (Wildman–Crippen LogP) is 3.84. The molecule has 1 heterocycles. The van der Waals surface area contributed by atoms with Crippen LogP contribution in [0.1, 0.15) is 25.7 Å². The quantitative estimate of drug-likeness (QED) is 0.648. The molecular weight excluding hydrogens is 330 g/mol. The number of halogens is 1. The zero-order valence-corrected chi connectivity index (χ0v) is 13.1. The molecule has 1 aliphatic carbocycles. The summed E-state index contributed by atoms with van der Waals surface area (Å²) in [4.78, 5) is 14.7. The topological polar surface area (TPSA) is 68.1 Å². The molecule has 5 nitrogen and oxygen atoms in total. The van der Waals surface area contributed by atoms with Gasteiger partial charge in [0.25, 0.3) is 0 Å². The van der Waals surface area contributed by atoms with Crippen LogP contribution in [0.3, 0.4) is 0 Å². The van der Waals surface area contributed by atoms with Gasteiger partial charge >= 0.3 is 5.69 Å². The molecule has 1 aromatic heterocycles. The van der Waals surface area contributed by atoms with E-state index in [0.29, 0.717) is 10.3 Å². The van der Waals surface area contributed by atoms with E-state index in [4.69, 9.17) is 0 Å². The fourth-order valence-corrected chi connectivity index (χ4v) is 3.65. The number of anilines is 1. The minimum atomic E-state index is -0.402. The summed E-state index contributed by atoms with van der Waals surface area (Å²) in [5.74, 6) is 0.355. The molecule has 7 heteroatoms. The number of rotatable bonds is 5. The smallest absolute Gasteiger partial charge is 0.312 e. The molecule has 0 atom stereocenters. The normalized spacial score (nSPS) is 17.4. The highest BCUT2D eigenvalue weighted by molar-refractivity contribution is 9.10. The lowest BCUT2D eigenvalue weighted by molar-refractivity contribution is -0.384. The van der Waals surface area contributed by atoms with Crippen LogP contribution in [0, 0.1) is 10.1 Å². The molecule has 0 radical (unpaired) electrons. The van der Waals surface area contributed by atoms with Crippen LogP contribution in [-0.2, 0) is 0 Å². The number of aromatic nitrogens is 1. The zero-order valence-electron chi connectivity index (χ0n) is 10.7. The fraction of sp³-hybridized carbons (Fsp3) is 0.583. The monoisotopic (exact) mass is 345 g/mol. The Bertz CT molecular complexity index is 478. The van der Waals surface area contributed by atoms with Crippen molar-refractivity contribution in [3.05, 3.63) is 26.9 Å². The molecule has 1 aromatic rings. The van der Waals surface area contributed by atoms with Crippen LogP contribution in [-0.4, -0.2) is 27.5 Å². The Hall–Kier alpha value is -0.820. The standard InChI is InChI=1S/C12H16BrN3O2S/c1-19-12(4-2-3-5-12)8-15-11-10(16(17)18)6-9(13)7-14-11/h6-7H,2-5,8H2,1H3,(H,14,15). The summed E-state index contributed by atoms with van der Waals surface area (Å²) >= 11 is 5.05. The van der Waals surface area contributed by atoms with Crippen LogP contribution in [0.2, 0.25) is 0 Å². The van der Waals surface area contributed by atoms with Crippen LogP contribution in [0.4, 0.5) is 11.5 Å². The summed E-state index contributed by atoms with van der Waals surface area (Å²) in [7, 11) is 0.